The molecule has 0 amide bonds. The van der Waals surface area contributed by atoms with Crippen LogP contribution < -0.4 is 4.74 Å². The lowest BCUT2D eigenvalue weighted by atomic mass is 9.86. The van der Waals surface area contributed by atoms with Crippen LogP contribution in [-0.2, 0) is 16.7 Å². The van der Waals surface area contributed by atoms with Crippen molar-refractivity contribution in [3.63, 3.8) is 0 Å². The highest BCUT2D eigenvalue weighted by Gasteiger charge is 2.26. The third-order valence-electron chi connectivity index (χ3n) is 7.31. The van der Waals surface area contributed by atoms with E-state index in [0.29, 0.717) is 25.5 Å². The minimum Gasteiger partial charge on any atom is -0.491 e. The number of hydrogen-bond donors (Lipinski definition) is 1. The first-order chi connectivity index (χ1) is 18.6. The first-order valence-electron chi connectivity index (χ1n) is 13.7. The van der Waals surface area contributed by atoms with Gasteiger partial charge in [-0.1, -0.05) is 51.1 Å². The number of aromatic nitrogens is 1. The Labute approximate surface area is 230 Å². The summed E-state index contributed by atoms with van der Waals surface area (Å²) in [4.78, 5) is 15.1. The molecular weight excluding hydrogens is 488 g/mol. The maximum atomic E-state index is 12.8. The SMILES string of the molecule is CC(C)Oc1ccc(-n2c(C(=O)O)c(CN3CCOCC3)c3cc(-c4ccc(C(C)(C)C)cc4)ccc32)cc1. The van der Waals surface area contributed by atoms with Gasteiger partial charge in [-0.15, -0.1) is 0 Å². The molecule has 0 radical (unpaired) electrons. The van der Waals surface area contributed by atoms with Gasteiger partial charge < -0.3 is 19.1 Å². The molecule has 6 heteroatoms. The first kappa shape index (κ1) is 27.0. The number of carbonyl (C=O) groups is 1. The summed E-state index contributed by atoms with van der Waals surface area (Å²) >= 11 is 0. The van der Waals surface area contributed by atoms with Crippen LogP contribution in [0.5, 0.6) is 5.75 Å². The Hall–Kier alpha value is -3.61. The summed E-state index contributed by atoms with van der Waals surface area (Å²) < 4.78 is 13.3. The quantitative estimate of drug-likeness (QED) is 0.283. The Kier molecular flexibility index (Phi) is 7.52. The molecular formula is C33H38N2O4. The average molecular weight is 527 g/mol. The second kappa shape index (κ2) is 10.9. The fourth-order valence-corrected chi connectivity index (χ4v) is 5.28. The number of morpholine rings is 1. The zero-order valence-electron chi connectivity index (χ0n) is 23.5. The van der Waals surface area contributed by atoms with Crippen molar-refractivity contribution < 1.29 is 19.4 Å². The number of rotatable bonds is 7. The van der Waals surface area contributed by atoms with E-state index in [0.717, 1.165) is 52.1 Å². The van der Waals surface area contributed by atoms with E-state index in [-0.39, 0.29) is 11.5 Å². The van der Waals surface area contributed by atoms with Gasteiger partial charge >= 0.3 is 5.97 Å². The van der Waals surface area contributed by atoms with E-state index < -0.39 is 5.97 Å². The largest absolute Gasteiger partial charge is 0.491 e. The summed E-state index contributed by atoms with van der Waals surface area (Å²) in [6.07, 6.45) is 0.0637. The van der Waals surface area contributed by atoms with Crippen LogP contribution in [0.3, 0.4) is 0 Å². The van der Waals surface area contributed by atoms with Gasteiger partial charge in [0.05, 0.1) is 24.8 Å². The molecule has 0 unspecified atom stereocenters. The van der Waals surface area contributed by atoms with Crippen LogP contribution in [0.4, 0.5) is 0 Å². The molecule has 3 aromatic carbocycles. The van der Waals surface area contributed by atoms with Gasteiger partial charge in [-0.3, -0.25) is 4.90 Å². The molecule has 5 rings (SSSR count). The Morgan fingerprint density at radius 2 is 1.59 bits per heavy atom. The van der Waals surface area contributed by atoms with Crippen molar-refractivity contribution in [2.24, 2.45) is 0 Å². The number of ether oxygens (including phenoxy) is 2. The van der Waals surface area contributed by atoms with Gasteiger partial charge in [-0.2, -0.15) is 0 Å². The van der Waals surface area contributed by atoms with Crippen LogP contribution in [0.25, 0.3) is 27.7 Å². The van der Waals surface area contributed by atoms with Crippen molar-refractivity contribution in [1.29, 1.82) is 0 Å². The zero-order valence-corrected chi connectivity index (χ0v) is 23.5. The molecule has 4 aromatic rings. The van der Waals surface area contributed by atoms with Crippen molar-refractivity contribution in [3.8, 4) is 22.6 Å². The molecule has 0 aliphatic carbocycles. The maximum absolute atomic E-state index is 12.8. The Morgan fingerprint density at radius 1 is 0.949 bits per heavy atom. The fraction of sp³-hybridized carbons (Fsp3) is 0.364. The van der Waals surface area contributed by atoms with E-state index in [4.69, 9.17) is 9.47 Å². The normalized spacial score (nSPS) is 14.7. The summed E-state index contributed by atoms with van der Waals surface area (Å²) in [5.74, 6) is -0.176. The number of aromatic carboxylic acids is 1. The molecule has 1 saturated heterocycles. The van der Waals surface area contributed by atoms with Crippen molar-refractivity contribution in [2.75, 3.05) is 26.3 Å². The molecule has 0 saturated carbocycles. The Morgan fingerprint density at radius 3 is 2.18 bits per heavy atom. The van der Waals surface area contributed by atoms with E-state index in [1.165, 1.54) is 5.56 Å². The number of benzene rings is 3. The zero-order chi connectivity index (χ0) is 27.7. The smallest absolute Gasteiger partial charge is 0.353 e. The van der Waals surface area contributed by atoms with E-state index >= 15 is 0 Å². The second-order valence-electron chi connectivity index (χ2n) is 11.6. The van der Waals surface area contributed by atoms with Crippen LogP contribution >= 0.6 is 0 Å². The number of carboxylic acids is 1. The van der Waals surface area contributed by atoms with Gasteiger partial charge in [-0.25, -0.2) is 4.79 Å². The monoisotopic (exact) mass is 526 g/mol. The lowest BCUT2D eigenvalue weighted by Gasteiger charge is -2.26. The molecule has 39 heavy (non-hydrogen) atoms. The average Bonchev–Trinajstić information content (AvgIpc) is 3.22. The highest BCUT2D eigenvalue weighted by Crippen LogP contribution is 2.35. The highest BCUT2D eigenvalue weighted by molar-refractivity contribution is 6.01. The predicted octanol–water partition coefficient (Wildman–Crippen LogP) is 6.91. The van der Waals surface area contributed by atoms with Crippen LogP contribution in [0.1, 0.15) is 56.2 Å². The molecule has 1 aliphatic heterocycles. The molecule has 2 heterocycles. The van der Waals surface area contributed by atoms with E-state index in [1.54, 1.807) is 0 Å². The van der Waals surface area contributed by atoms with Crippen molar-refractivity contribution in [1.82, 2.24) is 9.47 Å². The Balaban J connectivity index is 1.66. The third-order valence-corrected chi connectivity index (χ3v) is 7.31. The van der Waals surface area contributed by atoms with Crippen molar-refractivity contribution >= 4 is 16.9 Å². The summed E-state index contributed by atoms with van der Waals surface area (Å²) in [5, 5.41) is 11.5. The van der Waals surface area contributed by atoms with Gasteiger partial charge in [0, 0.05) is 36.3 Å². The van der Waals surface area contributed by atoms with Gasteiger partial charge in [0.2, 0.25) is 0 Å². The van der Waals surface area contributed by atoms with E-state index in [2.05, 4.69) is 68.1 Å². The topological polar surface area (TPSA) is 63.9 Å². The molecule has 1 fully saturated rings. The molecule has 1 N–H and O–H groups in total. The van der Waals surface area contributed by atoms with Gasteiger partial charge in [0.1, 0.15) is 11.4 Å². The van der Waals surface area contributed by atoms with Crippen molar-refractivity contribution in [3.05, 3.63) is 83.6 Å². The molecule has 0 spiro atoms. The van der Waals surface area contributed by atoms with Crippen LogP contribution in [0.2, 0.25) is 0 Å². The van der Waals surface area contributed by atoms with Crippen LogP contribution in [0.15, 0.2) is 66.7 Å². The maximum Gasteiger partial charge on any atom is 0.353 e. The standard InChI is InChI=1S/C33H38N2O4/c1-22(2)39-27-13-11-26(12-14-27)35-30-15-8-24(23-6-9-25(10-7-23)33(3,4)5)20-28(30)29(31(35)32(36)37)21-34-16-18-38-19-17-34/h6-15,20,22H,16-19,21H2,1-5H3,(H,36,37). The summed E-state index contributed by atoms with van der Waals surface area (Å²) in [6.45, 7) is 14.0. The Bertz CT molecular complexity index is 1460. The van der Waals surface area contributed by atoms with Gasteiger partial charge in [-0.05, 0) is 72.4 Å². The second-order valence-corrected chi connectivity index (χ2v) is 11.6. The van der Waals surface area contributed by atoms with E-state index in [9.17, 15) is 9.90 Å². The molecule has 6 nitrogen and oxygen atoms in total. The van der Waals surface area contributed by atoms with Gasteiger partial charge in [0.15, 0.2) is 0 Å². The molecule has 1 aromatic heterocycles. The summed E-state index contributed by atoms with van der Waals surface area (Å²) in [6, 6.07) is 22.6. The minimum absolute atomic E-state index is 0.0637. The van der Waals surface area contributed by atoms with E-state index in [1.807, 2.05) is 42.7 Å². The lowest BCUT2D eigenvalue weighted by Crippen LogP contribution is -2.36. The summed E-state index contributed by atoms with van der Waals surface area (Å²) in [7, 11) is 0. The molecule has 0 atom stereocenters. The third kappa shape index (κ3) is 5.72. The number of carboxylic acid groups (broad SMARTS) is 1. The first-order valence-corrected chi connectivity index (χ1v) is 13.7. The fourth-order valence-electron chi connectivity index (χ4n) is 5.28. The highest BCUT2D eigenvalue weighted by atomic mass is 16.5. The van der Waals surface area contributed by atoms with Crippen LogP contribution in [-0.4, -0.2) is 53.0 Å². The predicted molar refractivity (Wildman–Crippen MR) is 156 cm³/mol. The summed E-state index contributed by atoms with van der Waals surface area (Å²) in [5.41, 5.74) is 6.35. The number of hydrogen-bond acceptors (Lipinski definition) is 4. The molecule has 1 aliphatic rings. The minimum atomic E-state index is -0.937. The molecule has 204 valence electrons. The molecule has 0 bridgehead atoms. The van der Waals surface area contributed by atoms with Crippen molar-refractivity contribution in [2.45, 2.75) is 52.7 Å². The van der Waals surface area contributed by atoms with Crippen LogP contribution in [0, 0.1) is 0 Å². The lowest BCUT2D eigenvalue weighted by molar-refractivity contribution is 0.0341. The number of nitrogens with zero attached hydrogens (tertiary/aromatic N) is 2. The number of fused-ring (bicyclic) bond motifs is 1. The van der Waals surface area contributed by atoms with Gasteiger partial charge in [0.25, 0.3) is 0 Å².